The van der Waals surface area contributed by atoms with Crippen molar-refractivity contribution in [2.24, 2.45) is 17.8 Å². The van der Waals surface area contributed by atoms with Crippen LogP contribution in [0.4, 0.5) is 0 Å². The lowest BCUT2D eigenvalue weighted by Gasteiger charge is -2.59. The Kier molecular flexibility index (Phi) is 2.22. The predicted molar refractivity (Wildman–Crippen MR) is 63.5 cm³/mol. The van der Waals surface area contributed by atoms with Crippen LogP contribution in [0.3, 0.4) is 0 Å². The van der Waals surface area contributed by atoms with Crippen LogP contribution in [0.2, 0.25) is 0 Å². The summed E-state index contributed by atoms with van der Waals surface area (Å²) < 4.78 is 25.2. The third-order valence-corrected chi connectivity index (χ3v) is 6.55. The molecule has 0 aromatic heterocycles. The summed E-state index contributed by atoms with van der Waals surface area (Å²) in [5.74, 6) is 2.40. The maximum atomic E-state index is 11.8. The van der Waals surface area contributed by atoms with Crippen LogP contribution in [0.5, 0.6) is 0 Å². The van der Waals surface area contributed by atoms with E-state index in [9.17, 15) is 8.42 Å². The summed E-state index contributed by atoms with van der Waals surface area (Å²) >= 11 is 0. The second-order valence-corrected chi connectivity index (χ2v) is 8.39. The van der Waals surface area contributed by atoms with Gasteiger partial charge in [-0.15, -0.1) is 0 Å². The molecule has 4 rings (SSSR count). The van der Waals surface area contributed by atoms with E-state index in [1.807, 2.05) is 0 Å². The standard InChI is InChI=1S/C12H21NO2S/c1-13(16(2,14)15)12-6-9-3-10(7-12)5-11(4-9)8-12/h9-11H,3-8H2,1-2H3. The van der Waals surface area contributed by atoms with Crippen LogP contribution in [0.15, 0.2) is 0 Å². The molecule has 0 aromatic carbocycles. The van der Waals surface area contributed by atoms with E-state index in [1.54, 1.807) is 11.4 Å². The minimum atomic E-state index is -3.03. The monoisotopic (exact) mass is 243 g/mol. The highest BCUT2D eigenvalue weighted by molar-refractivity contribution is 7.88. The highest BCUT2D eigenvalue weighted by Crippen LogP contribution is 2.57. The van der Waals surface area contributed by atoms with Crippen LogP contribution in [0.25, 0.3) is 0 Å². The molecule has 0 radical (unpaired) electrons. The van der Waals surface area contributed by atoms with Gasteiger partial charge in [0.05, 0.1) is 6.26 Å². The molecule has 0 spiro atoms. The van der Waals surface area contributed by atoms with E-state index >= 15 is 0 Å². The molecule has 0 atom stereocenters. The van der Waals surface area contributed by atoms with Crippen LogP contribution in [-0.4, -0.2) is 31.6 Å². The van der Waals surface area contributed by atoms with Crippen molar-refractivity contribution in [2.75, 3.05) is 13.3 Å². The maximum absolute atomic E-state index is 11.8. The predicted octanol–water partition coefficient (Wildman–Crippen LogP) is 1.85. The molecule has 4 heteroatoms. The van der Waals surface area contributed by atoms with Crippen molar-refractivity contribution in [2.45, 2.75) is 44.1 Å². The fourth-order valence-corrected chi connectivity index (χ4v) is 5.73. The van der Waals surface area contributed by atoms with Gasteiger partial charge in [0, 0.05) is 12.6 Å². The zero-order valence-corrected chi connectivity index (χ0v) is 11.0. The number of rotatable bonds is 2. The van der Waals surface area contributed by atoms with Crippen molar-refractivity contribution in [3.8, 4) is 0 Å². The Morgan fingerprint density at radius 1 is 1.00 bits per heavy atom. The average Bonchev–Trinajstić information content (AvgIpc) is 2.12. The first-order valence-electron chi connectivity index (χ1n) is 6.33. The summed E-state index contributed by atoms with van der Waals surface area (Å²) in [6.07, 6.45) is 8.77. The summed E-state index contributed by atoms with van der Waals surface area (Å²) in [4.78, 5) is 0. The lowest BCUT2D eigenvalue weighted by molar-refractivity contribution is -0.0493. The van der Waals surface area contributed by atoms with E-state index in [-0.39, 0.29) is 5.54 Å². The van der Waals surface area contributed by atoms with Crippen molar-refractivity contribution in [1.82, 2.24) is 4.31 Å². The highest BCUT2D eigenvalue weighted by atomic mass is 32.2. The molecular formula is C12H21NO2S. The summed E-state index contributed by atoms with van der Waals surface area (Å²) in [7, 11) is -1.24. The molecule has 0 unspecified atom stereocenters. The quantitative estimate of drug-likeness (QED) is 0.742. The third-order valence-electron chi connectivity index (χ3n) is 5.17. The molecule has 0 N–H and O–H groups in total. The van der Waals surface area contributed by atoms with Crippen molar-refractivity contribution < 1.29 is 8.42 Å². The molecular weight excluding hydrogens is 222 g/mol. The SMILES string of the molecule is CN(C12CC3CC(CC(C3)C1)C2)S(C)(=O)=O. The van der Waals surface area contributed by atoms with Crippen molar-refractivity contribution >= 4 is 10.0 Å². The van der Waals surface area contributed by atoms with Crippen molar-refractivity contribution in [3.63, 3.8) is 0 Å². The molecule has 4 saturated carbocycles. The van der Waals surface area contributed by atoms with Gasteiger partial charge in [-0.25, -0.2) is 8.42 Å². The fraction of sp³-hybridized carbons (Fsp3) is 1.00. The van der Waals surface area contributed by atoms with Crippen LogP contribution >= 0.6 is 0 Å². The normalized spacial score (nSPS) is 46.6. The van der Waals surface area contributed by atoms with E-state index < -0.39 is 10.0 Å². The third kappa shape index (κ3) is 1.53. The zero-order valence-electron chi connectivity index (χ0n) is 10.1. The Labute approximate surface area is 98.3 Å². The maximum Gasteiger partial charge on any atom is 0.211 e. The molecule has 4 bridgehead atoms. The zero-order chi connectivity index (χ0) is 11.6. The largest absolute Gasteiger partial charge is 0.212 e. The van der Waals surface area contributed by atoms with E-state index in [1.165, 1.54) is 25.5 Å². The first-order valence-corrected chi connectivity index (χ1v) is 8.18. The van der Waals surface area contributed by atoms with Gasteiger partial charge in [0.25, 0.3) is 0 Å². The Balaban J connectivity index is 1.94. The molecule has 0 aliphatic heterocycles. The van der Waals surface area contributed by atoms with Gasteiger partial charge in [-0.3, -0.25) is 0 Å². The molecule has 16 heavy (non-hydrogen) atoms. The van der Waals surface area contributed by atoms with Gasteiger partial charge in [-0.1, -0.05) is 0 Å². The van der Waals surface area contributed by atoms with Crippen molar-refractivity contribution in [1.29, 1.82) is 0 Å². The van der Waals surface area contributed by atoms with Gasteiger partial charge in [0.15, 0.2) is 0 Å². The molecule has 0 heterocycles. The first kappa shape index (κ1) is 11.0. The van der Waals surface area contributed by atoms with Crippen LogP contribution in [0.1, 0.15) is 38.5 Å². The molecule has 0 amide bonds. The molecule has 4 aliphatic rings. The Bertz CT molecular complexity index is 366. The van der Waals surface area contributed by atoms with Gasteiger partial charge in [0.2, 0.25) is 10.0 Å². The molecule has 92 valence electrons. The molecule has 3 nitrogen and oxygen atoms in total. The Hall–Kier alpha value is -0.0900. The Morgan fingerprint density at radius 2 is 1.38 bits per heavy atom. The number of nitrogens with zero attached hydrogens (tertiary/aromatic N) is 1. The van der Waals surface area contributed by atoms with Crippen LogP contribution in [0, 0.1) is 17.8 Å². The molecule has 0 aromatic rings. The van der Waals surface area contributed by atoms with Gasteiger partial charge in [-0.05, 0) is 56.3 Å². The van der Waals surface area contributed by atoms with Crippen LogP contribution in [-0.2, 0) is 10.0 Å². The summed E-state index contributed by atoms with van der Waals surface area (Å²) in [5.41, 5.74) is -0.0116. The van der Waals surface area contributed by atoms with Gasteiger partial charge in [0.1, 0.15) is 0 Å². The topological polar surface area (TPSA) is 37.4 Å². The summed E-state index contributed by atoms with van der Waals surface area (Å²) in [5, 5.41) is 0. The smallest absolute Gasteiger partial charge is 0.211 e. The number of sulfonamides is 1. The second-order valence-electron chi connectivity index (χ2n) is 6.37. The lowest BCUT2D eigenvalue weighted by Crippen LogP contribution is -2.59. The fourth-order valence-electron chi connectivity index (χ4n) is 4.80. The minimum Gasteiger partial charge on any atom is -0.212 e. The Morgan fingerprint density at radius 3 is 1.69 bits per heavy atom. The minimum absolute atomic E-state index is 0.0116. The van der Waals surface area contributed by atoms with Crippen molar-refractivity contribution in [3.05, 3.63) is 0 Å². The number of hydrogen-bond donors (Lipinski definition) is 0. The van der Waals surface area contributed by atoms with E-state index in [0.717, 1.165) is 37.0 Å². The second kappa shape index (κ2) is 3.22. The van der Waals surface area contributed by atoms with Gasteiger partial charge in [-0.2, -0.15) is 4.31 Å². The average molecular weight is 243 g/mol. The van der Waals surface area contributed by atoms with Gasteiger partial charge < -0.3 is 0 Å². The number of hydrogen-bond acceptors (Lipinski definition) is 2. The highest BCUT2D eigenvalue weighted by Gasteiger charge is 2.54. The molecule has 0 saturated heterocycles. The molecule has 4 aliphatic carbocycles. The van der Waals surface area contributed by atoms with Gasteiger partial charge >= 0.3 is 0 Å². The summed E-state index contributed by atoms with van der Waals surface area (Å²) in [6, 6.07) is 0. The summed E-state index contributed by atoms with van der Waals surface area (Å²) in [6.45, 7) is 0. The van der Waals surface area contributed by atoms with E-state index in [2.05, 4.69) is 0 Å². The van der Waals surface area contributed by atoms with E-state index in [4.69, 9.17) is 0 Å². The lowest BCUT2D eigenvalue weighted by atomic mass is 9.53. The first-order chi connectivity index (χ1) is 7.39. The van der Waals surface area contributed by atoms with E-state index in [0.29, 0.717) is 0 Å². The molecule has 4 fully saturated rings. The van der Waals surface area contributed by atoms with Crippen LogP contribution < -0.4 is 0 Å².